The maximum atomic E-state index is 11.8. The summed E-state index contributed by atoms with van der Waals surface area (Å²) in [5.41, 5.74) is -0.104. The largest absolute Gasteiger partial charge is 0.481 e. The zero-order valence-electron chi connectivity index (χ0n) is 9.28. The molecule has 0 spiro atoms. The first-order chi connectivity index (χ1) is 7.50. The normalized spacial score (nSPS) is 13.5. The molecule has 0 saturated carbocycles. The molecule has 0 fully saturated rings. The smallest absolute Gasteiger partial charge is 0.332 e. The van der Waals surface area contributed by atoms with E-state index in [9.17, 15) is 14.0 Å². The van der Waals surface area contributed by atoms with E-state index in [2.05, 4.69) is 0 Å². The molecule has 0 saturated heterocycles. The van der Waals surface area contributed by atoms with Gasteiger partial charge in [0.15, 0.2) is 0 Å². The highest BCUT2D eigenvalue weighted by Crippen LogP contribution is 2.13. The fourth-order valence-electron chi connectivity index (χ4n) is 1.26. The molecule has 0 rings (SSSR count). The van der Waals surface area contributed by atoms with Crippen LogP contribution in [0.3, 0.4) is 0 Å². The van der Waals surface area contributed by atoms with Crippen LogP contribution in [0.1, 0.15) is 32.6 Å². The number of rotatable bonds is 8. The van der Waals surface area contributed by atoms with Crippen LogP contribution in [0.5, 0.6) is 0 Å². The molecule has 1 atom stereocenters. The first-order valence-corrected chi connectivity index (χ1v) is 5.22. The van der Waals surface area contributed by atoms with E-state index in [1.807, 2.05) is 0 Å². The van der Waals surface area contributed by atoms with Gasteiger partial charge in [0.2, 0.25) is 0 Å². The predicted octanol–water partition coefficient (Wildman–Crippen LogP) is 2.25. The molecule has 0 amide bonds. The van der Waals surface area contributed by atoms with E-state index >= 15 is 0 Å². The van der Waals surface area contributed by atoms with Gasteiger partial charge in [-0.15, -0.1) is 0 Å². The van der Waals surface area contributed by atoms with E-state index in [4.69, 9.17) is 10.2 Å². The summed E-state index contributed by atoms with van der Waals surface area (Å²) in [6.07, 6.45) is 3.71. The van der Waals surface area contributed by atoms with Crippen molar-refractivity contribution < 1.29 is 24.2 Å². The van der Waals surface area contributed by atoms with Crippen molar-refractivity contribution in [1.82, 2.24) is 0 Å². The molecule has 16 heavy (non-hydrogen) atoms. The monoisotopic (exact) mass is 232 g/mol. The Morgan fingerprint density at radius 3 is 2.31 bits per heavy atom. The van der Waals surface area contributed by atoms with Crippen molar-refractivity contribution in [3.05, 3.63) is 11.6 Å². The van der Waals surface area contributed by atoms with Crippen LogP contribution in [0, 0.1) is 5.92 Å². The van der Waals surface area contributed by atoms with Crippen molar-refractivity contribution in [1.29, 1.82) is 0 Å². The first kappa shape index (κ1) is 14.6. The van der Waals surface area contributed by atoms with Crippen molar-refractivity contribution in [2.45, 2.75) is 32.6 Å². The topological polar surface area (TPSA) is 74.6 Å². The maximum absolute atomic E-state index is 11.8. The van der Waals surface area contributed by atoms with E-state index in [1.165, 1.54) is 13.0 Å². The molecule has 0 aliphatic heterocycles. The summed E-state index contributed by atoms with van der Waals surface area (Å²) >= 11 is 0. The van der Waals surface area contributed by atoms with Gasteiger partial charge in [-0.25, -0.2) is 4.79 Å². The van der Waals surface area contributed by atoms with E-state index < -0.39 is 17.9 Å². The Labute approximate surface area is 93.8 Å². The van der Waals surface area contributed by atoms with Gasteiger partial charge in [0.25, 0.3) is 0 Å². The molecule has 0 radical (unpaired) electrons. The lowest BCUT2D eigenvalue weighted by atomic mass is 9.99. The Hall–Kier alpha value is -1.39. The van der Waals surface area contributed by atoms with Crippen LogP contribution < -0.4 is 0 Å². The highest BCUT2D eigenvalue weighted by molar-refractivity contribution is 5.93. The quantitative estimate of drug-likeness (QED) is 0.497. The maximum Gasteiger partial charge on any atom is 0.332 e. The lowest BCUT2D eigenvalue weighted by molar-refractivity contribution is -0.143. The van der Waals surface area contributed by atoms with Gasteiger partial charge in [-0.05, 0) is 26.2 Å². The third-order valence-corrected chi connectivity index (χ3v) is 2.29. The van der Waals surface area contributed by atoms with Gasteiger partial charge in [-0.3, -0.25) is 9.18 Å². The third kappa shape index (κ3) is 5.48. The number of carbonyl (C=O) groups is 2. The van der Waals surface area contributed by atoms with Crippen LogP contribution >= 0.6 is 0 Å². The lowest BCUT2D eigenvalue weighted by Gasteiger charge is -2.07. The molecule has 0 aromatic heterocycles. The summed E-state index contributed by atoms with van der Waals surface area (Å²) < 4.78 is 11.8. The zero-order chi connectivity index (χ0) is 12.6. The van der Waals surface area contributed by atoms with Gasteiger partial charge >= 0.3 is 11.9 Å². The Kier molecular flexibility index (Phi) is 7.16. The second kappa shape index (κ2) is 7.84. The summed E-state index contributed by atoms with van der Waals surface area (Å²) in [4.78, 5) is 21.4. The molecular formula is C11H17FO4. The molecule has 5 heteroatoms. The van der Waals surface area contributed by atoms with Crippen LogP contribution in [0.2, 0.25) is 0 Å². The van der Waals surface area contributed by atoms with Gasteiger partial charge in [-0.1, -0.05) is 12.5 Å². The SMILES string of the molecule is CC(C(=O)O)/C(=C/CCCCCF)C(=O)O. The van der Waals surface area contributed by atoms with Crippen molar-refractivity contribution in [3.8, 4) is 0 Å². The van der Waals surface area contributed by atoms with E-state index in [0.29, 0.717) is 25.7 Å². The summed E-state index contributed by atoms with van der Waals surface area (Å²) in [6, 6.07) is 0. The molecule has 4 nitrogen and oxygen atoms in total. The lowest BCUT2D eigenvalue weighted by Crippen LogP contribution is -2.18. The third-order valence-electron chi connectivity index (χ3n) is 2.29. The molecular weight excluding hydrogens is 215 g/mol. The van der Waals surface area contributed by atoms with Gasteiger partial charge in [0, 0.05) is 5.57 Å². The van der Waals surface area contributed by atoms with Gasteiger partial charge in [0.1, 0.15) is 0 Å². The first-order valence-electron chi connectivity index (χ1n) is 5.22. The standard InChI is InChI=1S/C11H17FO4/c1-8(10(13)14)9(11(15)16)6-4-2-3-5-7-12/h6,8H,2-5,7H2,1H3,(H,13,14)(H,15,16)/b9-6-. The average molecular weight is 232 g/mol. The highest BCUT2D eigenvalue weighted by Gasteiger charge is 2.21. The zero-order valence-corrected chi connectivity index (χ0v) is 9.28. The van der Waals surface area contributed by atoms with Crippen LogP contribution in [-0.4, -0.2) is 28.8 Å². The predicted molar refractivity (Wildman–Crippen MR) is 57.0 cm³/mol. The van der Waals surface area contributed by atoms with Crippen LogP contribution in [0.4, 0.5) is 4.39 Å². The number of hydrogen-bond donors (Lipinski definition) is 2. The summed E-state index contributed by atoms with van der Waals surface area (Å²) in [5.74, 6) is -3.38. The number of unbranched alkanes of at least 4 members (excludes halogenated alkanes) is 3. The summed E-state index contributed by atoms with van der Waals surface area (Å²) in [5, 5.41) is 17.5. The van der Waals surface area contributed by atoms with Crippen molar-refractivity contribution >= 4 is 11.9 Å². The van der Waals surface area contributed by atoms with Gasteiger partial charge in [0.05, 0.1) is 12.6 Å². The van der Waals surface area contributed by atoms with Gasteiger partial charge in [-0.2, -0.15) is 0 Å². The van der Waals surface area contributed by atoms with Crippen LogP contribution in [-0.2, 0) is 9.59 Å². The molecule has 1 unspecified atom stereocenters. The Morgan fingerprint density at radius 2 is 1.88 bits per heavy atom. The Bertz CT molecular complexity index is 273. The van der Waals surface area contributed by atoms with Gasteiger partial charge < -0.3 is 10.2 Å². The fraction of sp³-hybridized carbons (Fsp3) is 0.636. The highest BCUT2D eigenvalue weighted by atomic mass is 19.1. The number of halogens is 1. The second-order valence-corrected chi connectivity index (χ2v) is 3.56. The molecule has 92 valence electrons. The van der Waals surface area contributed by atoms with Crippen molar-refractivity contribution in [2.24, 2.45) is 5.92 Å². The van der Waals surface area contributed by atoms with Crippen molar-refractivity contribution in [2.75, 3.05) is 6.67 Å². The number of carboxylic acid groups (broad SMARTS) is 2. The number of hydrogen-bond acceptors (Lipinski definition) is 2. The van der Waals surface area contributed by atoms with E-state index in [-0.39, 0.29) is 12.2 Å². The Morgan fingerprint density at radius 1 is 1.25 bits per heavy atom. The molecule has 0 aromatic carbocycles. The fourth-order valence-corrected chi connectivity index (χ4v) is 1.26. The summed E-state index contributed by atoms with van der Waals surface area (Å²) in [6.45, 7) is 0.963. The minimum Gasteiger partial charge on any atom is -0.481 e. The minimum absolute atomic E-state index is 0.104. The molecule has 0 aliphatic carbocycles. The van der Waals surface area contributed by atoms with E-state index in [0.717, 1.165) is 0 Å². The van der Waals surface area contributed by atoms with Crippen LogP contribution in [0.15, 0.2) is 11.6 Å². The molecule has 2 N–H and O–H groups in total. The number of allylic oxidation sites excluding steroid dienone is 1. The molecule has 0 aliphatic rings. The number of carboxylic acids is 2. The summed E-state index contributed by atoms with van der Waals surface area (Å²) in [7, 11) is 0. The molecule has 0 bridgehead atoms. The number of aliphatic carboxylic acids is 2. The molecule has 0 heterocycles. The van der Waals surface area contributed by atoms with Crippen molar-refractivity contribution in [3.63, 3.8) is 0 Å². The van der Waals surface area contributed by atoms with E-state index in [1.54, 1.807) is 0 Å². The molecule has 0 aromatic rings. The second-order valence-electron chi connectivity index (χ2n) is 3.56. The average Bonchev–Trinajstić information content (AvgIpc) is 2.21. The Balaban J connectivity index is 4.26. The van der Waals surface area contributed by atoms with Crippen LogP contribution in [0.25, 0.3) is 0 Å². The minimum atomic E-state index is -1.21. The number of alkyl halides is 1.